The molecule has 7 heterocycles. The SMILES string of the molecule is [C-]#[N+]c1cccc(-c2cc(-n3c4cc(-c5cccnc5-c5ccccc5)ccc4c4ccc(-c5cccnc5-c5ccccc5)cc43)ncc2-n2c3cc(-c4cccnc4-c4ccccc4)ccc3c3ccc(-c4cccnc4-c4ccccc4)cc32)c1. The van der Waals surface area contributed by atoms with Crippen LogP contribution >= 0.6 is 0 Å². The Labute approximate surface area is 508 Å². The Morgan fingerprint density at radius 2 is 0.591 bits per heavy atom. The van der Waals surface area contributed by atoms with Crippen LogP contribution in [0.2, 0.25) is 0 Å². The van der Waals surface area contributed by atoms with Crippen LogP contribution in [0.5, 0.6) is 0 Å². The van der Waals surface area contributed by atoms with Crippen LogP contribution in [0.25, 0.3) is 161 Å². The molecule has 0 amide bonds. The lowest BCUT2D eigenvalue weighted by atomic mass is 9.97. The van der Waals surface area contributed by atoms with E-state index in [9.17, 15) is 0 Å². The van der Waals surface area contributed by atoms with Crippen molar-refractivity contribution in [1.29, 1.82) is 0 Å². The van der Waals surface area contributed by atoms with Crippen LogP contribution < -0.4 is 0 Å². The number of nitrogens with zero attached hydrogens (tertiary/aromatic N) is 8. The van der Waals surface area contributed by atoms with Gasteiger partial charge in [-0.25, -0.2) is 9.83 Å². The van der Waals surface area contributed by atoms with E-state index in [0.29, 0.717) is 11.5 Å². The first kappa shape index (κ1) is 51.5. The summed E-state index contributed by atoms with van der Waals surface area (Å²) in [5.74, 6) is 0.707. The molecule has 0 aliphatic rings. The molecule has 0 aliphatic carbocycles. The third-order valence-electron chi connectivity index (χ3n) is 16.8. The monoisotopic (exact) mass is 1120 g/mol. The van der Waals surface area contributed by atoms with Gasteiger partial charge in [0, 0.05) is 96.4 Å². The molecule has 0 bridgehead atoms. The summed E-state index contributed by atoms with van der Waals surface area (Å²) in [5, 5.41) is 4.30. The predicted molar refractivity (Wildman–Crippen MR) is 359 cm³/mol. The minimum Gasteiger partial charge on any atom is -0.307 e. The molecule has 0 N–H and O–H groups in total. The van der Waals surface area contributed by atoms with Gasteiger partial charge in [0.25, 0.3) is 0 Å². The molecule has 8 heteroatoms. The average molecular weight is 1120 g/mol. The fourth-order valence-corrected chi connectivity index (χ4v) is 12.8. The van der Waals surface area contributed by atoms with Gasteiger partial charge in [0.1, 0.15) is 5.82 Å². The Balaban J connectivity index is 0.981. The Morgan fingerprint density at radius 3 is 0.943 bits per heavy atom. The van der Waals surface area contributed by atoms with E-state index < -0.39 is 0 Å². The average Bonchev–Trinajstić information content (AvgIpc) is 1.70. The van der Waals surface area contributed by atoms with Gasteiger partial charge in [0.05, 0.1) is 63.3 Å². The third kappa shape index (κ3) is 8.98. The number of rotatable bonds is 11. The zero-order valence-corrected chi connectivity index (χ0v) is 47.4. The number of hydrogen-bond acceptors (Lipinski definition) is 5. The highest BCUT2D eigenvalue weighted by Gasteiger charge is 2.24. The highest BCUT2D eigenvalue weighted by molar-refractivity contribution is 6.14. The molecule has 0 aliphatic heterocycles. The minimum atomic E-state index is 0.533. The summed E-state index contributed by atoms with van der Waals surface area (Å²) in [6.07, 6.45) is 9.48. The molecule has 0 spiro atoms. The van der Waals surface area contributed by atoms with Gasteiger partial charge in [-0.2, -0.15) is 0 Å². The minimum absolute atomic E-state index is 0.533. The van der Waals surface area contributed by atoms with Gasteiger partial charge >= 0.3 is 0 Å². The van der Waals surface area contributed by atoms with Crippen LogP contribution in [0.15, 0.2) is 304 Å². The third-order valence-corrected chi connectivity index (χ3v) is 16.8. The molecule has 0 radical (unpaired) electrons. The molecule has 0 fully saturated rings. The molecule has 0 saturated heterocycles. The van der Waals surface area contributed by atoms with Crippen molar-refractivity contribution in [2.75, 3.05) is 0 Å². The smallest absolute Gasteiger partial charge is 0.187 e. The van der Waals surface area contributed by atoms with Gasteiger partial charge in [0.15, 0.2) is 5.69 Å². The second-order valence-electron chi connectivity index (χ2n) is 21.9. The summed E-state index contributed by atoms with van der Waals surface area (Å²) in [6, 6.07) is 95.3. The Bertz CT molecular complexity index is 5110. The van der Waals surface area contributed by atoms with Crippen molar-refractivity contribution < 1.29 is 0 Å². The summed E-state index contributed by atoms with van der Waals surface area (Å²) in [4.78, 5) is 29.6. The van der Waals surface area contributed by atoms with Gasteiger partial charge < -0.3 is 4.57 Å². The molecule has 88 heavy (non-hydrogen) atoms. The summed E-state index contributed by atoms with van der Waals surface area (Å²) in [7, 11) is 0. The van der Waals surface area contributed by atoms with Crippen molar-refractivity contribution in [3.05, 3.63) is 315 Å². The van der Waals surface area contributed by atoms with E-state index in [1.54, 1.807) is 0 Å². The zero-order chi connectivity index (χ0) is 58.5. The second-order valence-corrected chi connectivity index (χ2v) is 21.9. The molecule has 0 atom stereocenters. The van der Waals surface area contributed by atoms with Crippen LogP contribution in [0, 0.1) is 6.57 Å². The molecule has 16 aromatic rings. The van der Waals surface area contributed by atoms with Crippen LogP contribution in [-0.4, -0.2) is 34.1 Å². The molecular formula is C80H50N8. The topological polar surface area (TPSA) is 78.7 Å². The van der Waals surface area contributed by atoms with Crippen LogP contribution in [0.1, 0.15) is 0 Å². The fourth-order valence-electron chi connectivity index (χ4n) is 12.8. The normalized spacial score (nSPS) is 11.4. The Morgan fingerprint density at radius 1 is 0.261 bits per heavy atom. The maximum Gasteiger partial charge on any atom is 0.187 e. The quantitative estimate of drug-likeness (QED) is 0.121. The van der Waals surface area contributed by atoms with E-state index in [0.717, 1.165) is 150 Å². The number of pyridine rings is 5. The molecular weight excluding hydrogens is 1070 g/mol. The number of fused-ring (bicyclic) bond motifs is 6. The largest absolute Gasteiger partial charge is 0.307 e. The zero-order valence-electron chi connectivity index (χ0n) is 47.4. The van der Waals surface area contributed by atoms with Gasteiger partial charge in [-0.15, -0.1) is 0 Å². The van der Waals surface area contributed by atoms with E-state index in [-0.39, 0.29) is 0 Å². The summed E-state index contributed by atoms with van der Waals surface area (Å²) >= 11 is 0. The van der Waals surface area contributed by atoms with E-state index in [1.165, 1.54) is 0 Å². The molecule has 0 saturated carbocycles. The van der Waals surface area contributed by atoms with Crippen LogP contribution in [0.3, 0.4) is 0 Å². The van der Waals surface area contributed by atoms with Crippen molar-refractivity contribution in [3.63, 3.8) is 0 Å². The lowest BCUT2D eigenvalue weighted by Crippen LogP contribution is -2.04. The first-order valence-corrected chi connectivity index (χ1v) is 29.3. The van der Waals surface area contributed by atoms with Crippen molar-refractivity contribution in [2.45, 2.75) is 0 Å². The van der Waals surface area contributed by atoms with Crippen LogP contribution in [-0.2, 0) is 0 Å². The maximum atomic E-state index is 8.32. The van der Waals surface area contributed by atoms with E-state index >= 15 is 0 Å². The van der Waals surface area contributed by atoms with Gasteiger partial charge in [-0.05, 0) is 88.5 Å². The van der Waals surface area contributed by atoms with Gasteiger partial charge in [-0.1, -0.05) is 212 Å². The molecule has 0 unspecified atom stereocenters. The molecule has 9 aromatic carbocycles. The van der Waals surface area contributed by atoms with Crippen molar-refractivity contribution in [3.8, 4) is 112 Å². The Hall–Kier alpha value is -12.2. The molecule has 410 valence electrons. The van der Waals surface area contributed by atoms with E-state index in [4.69, 9.17) is 31.5 Å². The maximum absolute atomic E-state index is 8.32. The lowest BCUT2D eigenvalue weighted by molar-refractivity contribution is 1.06. The number of benzene rings is 9. The first-order chi connectivity index (χ1) is 43.6. The van der Waals surface area contributed by atoms with Crippen molar-refractivity contribution >= 4 is 49.3 Å². The highest BCUT2D eigenvalue weighted by atomic mass is 15.1. The molecule has 16 rings (SSSR count). The molecule has 8 nitrogen and oxygen atoms in total. The standard InChI is InChI=1S/C80H50N8/c1-81-61-28-14-27-56(45-61)70-50-76(88-73-48-59(64-31-17-43-84-79(64)54-23-10-4-11-24-54)35-39-68(73)69-40-36-60(49-74(69)88)65-32-18-44-85-80(65)55-25-12-5-13-26-55)86-51-75(70)87-71-46-57(62-29-15-41-82-77(62)52-19-6-2-7-20-52)33-37-66(71)67-38-34-58(47-72(67)87)63-30-16-42-83-78(63)53-21-8-3-9-22-53/h2-51H. The van der Waals surface area contributed by atoms with E-state index in [1.807, 2.05) is 97.7 Å². The Kier molecular flexibility index (Phi) is 12.7. The highest BCUT2D eigenvalue weighted by Crippen LogP contribution is 2.45. The summed E-state index contributed by atoms with van der Waals surface area (Å²) in [6.45, 7) is 8.32. The summed E-state index contributed by atoms with van der Waals surface area (Å²) in [5.41, 5.74) is 23.0. The summed E-state index contributed by atoms with van der Waals surface area (Å²) < 4.78 is 4.68. The molecule has 7 aromatic heterocycles. The van der Waals surface area contributed by atoms with Crippen molar-refractivity contribution in [1.82, 2.24) is 34.1 Å². The van der Waals surface area contributed by atoms with Crippen LogP contribution in [0.4, 0.5) is 5.69 Å². The number of aromatic nitrogens is 7. The van der Waals surface area contributed by atoms with E-state index in [2.05, 4.69) is 220 Å². The predicted octanol–water partition coefficient (Wildman–Crippen LogP) is 20.4. The van der Waals surface area contributed by atoms with Crippen molar-refractivity contribution in [2.24, 2.45) is 0 Å². The second kappa shape index (κ2) is 21.8. The van der Waals surface area contributed by atoms with Gasteiger partial charge in [0.2, 0.25) is 0 Å². The first-order valence-electron chi connectivity index (χ1n) is 29.3. The number of hydrogen-bond donors (Lipinski definition) is 0. The van der Waals surface area contributed by atoms with Gasteiger partial charge in [-0.3, -0.25) is 24.5 Å². The fraction of sp³-hybridized carbons (Fsp3) is 0. The lowest BCUT2D eigenvalue weighted by Gasteiger charge is -2.18.